The summed E-state index contributed by atoms with van der Waals surface area (Å²) in [5.41, 5.74) is 0.660. The van der Waals surface area contributed by atoms with Crippen molar-refractivity contribution in [1.82, 2.24) is 4.90 Å². The number of likely N-dealkylation sites (tertiary alicyclic amines) is 1. The van der Waals surface area contributed by atoms with Crippen LogP contribution in [-0.2, 0) is 9.59 Å². The largest absolute Gasteiger partial charge is 0.342 e. The van der Waals surface area contributed by atoms with Gasteiger partial charge in [-0.25, -0.2) is 0 Å². The Morgan fingerprint density at radius 2 is 1.71 bits per heavy atom. The second kappa shape index (κ2) is 6.58. The molecule has 2 aliphatic rings. The van der Waals surface area contributed by atoms with E-state index in [9.17, 15) is 9.59 Å². The second-order valence-corrected chi connectivity index (χ2v) is 8.18. The van der Waals surface area contributed by atoms with Gasteiger partial charge in [0, 0.05) is 37.2 Å². The molecule has 0 N–H and O–H groups in total. The van der Waals surface area contributed by atoms with Gasteiger partial charge in [0.2, 0.25) is 11.8 Å². The lowest BCUT2D eigenvalue weighted by atomic mass is 9.81. The van der Waals surface area contributed by atoms with E-state index in [2.05, 4.69) is 0 Å². The molecule has 4 nitrogen and oxygen atoms in total. The highest BCUT2D eigenvalue weighted by molar-refractivity contribution is 5.93. The minimum atomic E-state index is -0.330. The van der Waals surface area contributed by atoms with Crippen LogP contribution in [0.4, 0.5) is 5.69 Å². The van der Waals surface area contributed by atoms with Crippen molar-refractivity contribution >= 4 is 17.5 Å². The summed E-state index contributed by atoms with van der Waals surface area (Å²) < 4.78 is 0. The zero-order chi connectivity index (χ0) is 17.3. The Kier molecular flexibility index (Phi) is 4.66. The maximum atomic E-state index is 12.7. The van der Waals surface area contributed by atoms with Crippen LogP contribution in [0.3, 0.4) is 0 Å². The van der Waals surface area contributed by atoms with Gasteiger partial charge < -0.3 is 9.80 Å². The summed E-state index contributed by atoms with van der Waals surface area (Å²) >= 11 is 0. The fraction of sp³-hybridized carbons (Fsp3) is 0.600. The number of fused-ring (bicyclic) bond motifs is 1. The Morgan fingerprint density at radius 3 is 2.38 bits per heavy atom. The normalized spacial score (nSPS) is 25.2. The second-order valence-electron chi connectivity index (χ2n) is 8.18. The molecular weight excluding hydrogens is 300 g/mol. The maximum Gasteiger partial charge on any atom is 0.227 e. The third-order valence-electron chi connectivity index (χ3n) is 5.35. The Hall–Kier alpha value is -1.84. The van der Waals surface area contributed by atoms with E-state index in [0.29, 0.717) is 18.3 Å². The van der Waals surface area contributed by atoms with Crippen molar-refractivity contribution in [2.45, 2.75) is 40.0 Å². The number of benzene rings is 1. The molecule has 3 rings (SSSR count). The van der Waals surface area contributed by atoms with Crippen LogP contribution >= 0.6 is 0 Å². The van der Waals surface area contributed by atoms with Crippen molar-refractivity contribution in [3.63, 3.8) is 0 Å². The molecular formula is C20H28N2O2. The van der Waals surface area contributed by atoms with E-state index < -0.39 is 0 Å². The minimum Gasteiger partial charge on any atom is -0.342 e. The summed E-state index contributed by atoms with van der Waals surface area (Å²) in [5.74, 6) is 1.30. The van der Waals surface area contributed by atoms with Crippen molar-refractivity contribution < 1.29 is 9.59 Å². The Bertz CT molecular complexity index is 606. The van der Waals surface area contributed by atoms with Gasteiger partial charge in [0.05, 0.1) is 0 Å². The van der Waals surface area contributed by atoms with Crippen LogP contribution in [0.5, 0.6) is 0 Å². The molecule has 0 saturated carbocycles. The van der Waals surface area contributed by atoms with Crippen molar-refractivity contribution in [3.05, 3.63) is 30.3 Å². The van der Waals surface area contributed by atoms with Crippen molar-refractivity contribution in [2.24, 2.45) is 17.3 Å². The fourth-order valence-corrected chi connectivity index (χ4v) is 3.97. The quantitative estimate of drug-likeness (QED) is 0.793. The molecule has 2 amide bonds. The van der Waals surface area contributed by atoms with E-state index in [4.69, 9.17) is 0 Å². The number of carbonyl (C=O) groups is 2. The number of anilines is 1. The third kappa shape index (κ3) is 3.47. The fourth-order valence-electron chi connectivity index (χ4n) is 3.97. The number of hydrogen-bond acceptors (Lipinski definition) is 2. The molecule has 4 heteroatoms. The van der Waals surface area contributed by atoms with Gasteiger partial charge >= 0.3 is 0 Å². The van der Waals surface area contributed by atoms with Crippen molar-refractivity contribution in [3.8, 4) is 0 Å². The predicted molar refractivity (Wildman–Crippen MR) is 95.7 cm³/mol. The average molecular weight is 328 g/mol. The van der Waals surface area contributed by atoms with Crippen LogP contribution in [0, 0.1) is 17.3 Å². The van der Waals surface area contributed by atoms with Gasteiger partial charge in [0.1, 0.15) is 0 Å². The van der Waals surface area contributed by atoms with E-state index in [1.807, 2.05) is 60.9 Å². The lowest BCUT2D eigenvalue weighted by Crippen LogP contribution is -2.47. The van der Waals surface area contributed by atoms with Gasteiger partial charge in [0.15, 0.2) is 0 Å². The standard InChI is InChI=1S/C20H28N2O2/c1-20(2,3)19(24)21-11-9-15-13-18(23)22(12-10-16(15)14-21)17-7-5-4-6-8-17/h4-8,15-16H,9-14H2,1-3H3. The SMILES string of the molecule is CC(C)(C)C(=O)N1CCC2CC(=O)N(c3ccccc3)CCC2C1. The Labute approximate surface area is 144 Å². The van der Waals surface area contributed by atoms with Gasteiger partial charge in [-0.1, -0.05) is 39.0 Å². The number of amides is 2. The summed E-state index contributed by atoms with van der Waals surface area (Å²) in [7, 11) is 0. The lowest BCUT2D eigenvalue weighted by Gasteiger charge is -2.40. The molecule has 2 fully saturated rings. The van der Waals surface area contributed by atoms with Crippen LogP contribution < -0.4 is 4.90 Å². The summed E-state index contributed by atoms with van der Waals surface area (Å²) in [5, 5.41) is 0. The highest BCUT2D eigenvalue weighted by Gasteiger charge is 2.38. The summed E-state index contributed by atoms with van der Waals surface area (Å²) in [6.07, 6.45) is 2.52. The Balaban J connectivity index is 1.71. The molecule has 0 bridgehead atoms. The number of nitrogens with zero attached hydrogens (tertiary/aromatic N) is 2. The molecule has 0 aliphatic carbocycles. The first-order valence-corrected chi connectivity index (χ1v) is 9.01. The van der Waals surface area contributed by atoms with E-state index in [1.54, 1.807) is 0 Å². The number of rotatable bonds is 1. The summed E-state index contributed by atoms with van der Waals surface area (Å²) in [6.45, 7) is 8.29. The average Bonchev–Trinajstić information content (AvgIpc) is 2.71. The molecule has 0 aromatic heterocycles. The Morgan fingerprint density at radius 1 is 1.04 bits per heavy atom. The first-order valence-electron chi connectivity index (χ1n) is 9.01. The molecule has 0 spiro atoms. The van der Waals surface area contributed by atoms with Gasteiger partial charge in [-0.2, -0.15) is 0 Å². The topological polar surface area (TPSA) is 40.6 Å². The highest BCUT2D eigenvalue weighted by Crippen LogP contribution is 2.35. The smallest absolute Gasteiger partial charge is 0.227 e. The van der Waals surface area contributed by atoms with Gasteiger partial charge in [-0.15, -0.1) is 0 Å². The molecule has 1 aromatic rings. The predicted octanol–water partition coefficient (Wildman–Crippen LogP) is 3.32. The minimum absolute atomic E-state index is 0.226. The monoisotopic (exact) mass is 328 g/mol. The van der Waals surface area contributed by atoms with Gasteiger partial charge in [-0.3, -0.25) is 9.59 Å². The van der Waals surface area contributed by atoms with E-state index in [1.165, 1.54) is 0 Å². The molecule has 2 atom stereocenters. The number of hydrogen-bond donors (Lipinski definition) is 0. The van der Waals surface area contributed by atoms with E-state index >= 15 is 0 Å². The molecule has 2 saturated heterocycles. The zero-order valence-electron chi connectivity index (χ0n) is 15.0. The van der Waals surface area contributed by atoms with E-state index in [-0.39, 0.29) is 17.2 Å². The molecule has 24 heavy (non-hydrogen) atoms. The number of piperidine rings is 1. The highest BCUT2D eigenvalue weighted by atomic mass is 16.2. The van der Waals surface area contributed by atoms with Gasteiger partial charge in [0.25, 0.3) is 0 Å². The van der Waals surface area contributed by atoms with Crippen LogP contribution in [0.25, 0.3) is 0 Å². The molecule has 130 valence electrons. The maximum absolute atomic E-state index is 12.7. The summed E-state index contributed by atoms with van der Waals surface area (Å²) in [6, 6.07) is 9.93. The molecule has 2 heterocycles. The number of carbonyl (C=O) groups excluding carboxylic acids is 2. The van der Waals surface area contributed by atoms with Crippen LogP contribution in [0.2, 0.25) is 0 Å². The van der Waals surface area contributed by atoms with Crippen molar-refractivity contribution in [1.29, 1.82) is 0 Å². The third-order valence-corrected chi connectivity index (χ3v) is 5.35. The first-order chi connectivity index (χ1) is 11.4. The molecule has 1 aromatic carbocycles. The van der Waals surface area contributed by atoms with Gasteiger partial charge in [-0.05, 0) is 36.8 Å². The number of para-hydroxylation sites is 1. The van der Waals surface area contributed by atoms with Crippen LogP contribution in [0.15, 0.2) is 30.3 Å². The summed E-state index contributed by atoms with van der Waals surface area (Å²) in [4.78, 5) is 29.2. The zero-order valence-corrected chi connectivity index (χ0v) is 15.0. The molecule has 2 aliphatic heterocycles. The van der Waals surface area contributed by atoms with Crippen LogP contribution in [0.1, 0.15) is 40.0 Å². The van der Waals surface area contributed by atoms with E-state index in [0.717, 1.165) is 38.2 Å². The van der Waals surface area contributed by atoms with Crippen LogP contribution in [-0.4, -0.2) is 36.3 Å². The first kappa shape index (κ1) is 17.0. The molecule has 2 unspecified atom stereocenters. The molecule has 0 radical (unpaired) electrons. The van der Waals surface area contributed by atoms with Crippen molar-refractivity contribution in [2.75, 3.05) is 24.5 Å². The lowest BCUT2D eigenvalue weighted by molar-refractivity contribution is -0.142.